The van der Waals surface area contributed by atoms with E-state index in [2.05, 4.69) is 4.74 Å². The summed E-state index contributed by atoms with van der Waals surface area (Å²) in [6.07, 6.45) is 0. The summed E-state index contributed by atoms with van der Waals surface area (Å²) in [6, 6.07) is 3.14. The van der Waals surface area contributed by atoms with Crippen molar-refractivity contribution in [3.8, 4) is 5.75 Å². The van der Waals surface area contributed by atoms with Gasteiger partial charge < -0.3 is 4.74 Å². The lowest BCUT2D eigenvalue weighted by atomic mass is 10.2. The minimum atomic E-state index is -3.92. The maximum Gasteiger partial charge on any atom is 0.387 e. The maximum atomic E-state index is 12.0. The van der Waals surface area contributed by atoms with Gasteiger partial charge in [0.1, 0.15) is 5.75 Å². The van der Waals surface area contributed by atoms with Gasteiger partial charge in [-0.05, 0) is 24.1 Å². The van der Waals surface area contributed by atoms with Crippen molar-refractivity contribution in [2.24, 2.45) is 5.92 Å². The molecule has 0 fully saturated rings. The number of nitrogens with one attached hydrogen (secondary N) is 1. The molecule has 0 unspecified atom stereocenters. The van der Waals surface area contributed by atoms with Crippen LogP contribution in [0.4, 0.5) is 8.78 Å². The average molecular weight is 330 g/mol. The van der Waals surface area contributed by atoms with Crippen molar-refractivity contribution in [2.45, 2.75) is 25.4 Å². The first kappa shape index (κ1) is 17.1. The van der Waals surface area contributed by atoms with Gasteiger partial charge in [0.25, 0.3) is 10.0 Å². The Labute approximate surface area is 120 Å². The Hall–Kier alpha value is -0.960. The van der Waals surface area contributed by atoms with Crippen LogP contribution in [-0.4, -0.2) is 21.6 Å². The van der Waals surface area contributed by atoms with Crippen molar-refractivity contribution in [3.63, 3.8) is 0 Å². The molecule has 5 nitrogen and oxygen atoms in total. The third-order valence-corrected chi connectivity index (χ3v) is 3.52. The van der Waals surface area contributed by atoms with Gasteiger partial charge >= 0.3 is 6.61 Å². The van der Waals surface area contributed by atoms with Crippen LogP contribution in [0.15, 0.2) is 23.1 Å². The third-order valence-electron chi connectivity index (χ3n) is 2.02. The SMILES string of the molecule is CC(C)CONS(=O)(=O)c1ccc(OC(F)F)c(Cl)c1. The summed E-state index contributed by atoms with van der Waals surface area (Å²) in [5.74, 6) is -0.160. The monoisotopic (exact) mass is 329 g/mol. The second kappa shape index (κ2) is 7.16. The van der Waals surface area contributed by atoms with E-state index in [1.807, 2.05) is 18.7 Å². The number of hydrogen-bond donors (Lipinski definition) is 1. The highest BCUT2D eigenvalue weighted by atomic mass is 35.5. The molecule has 0 aliphatic rings. The molecule has 0 aliphatic carbocycles. The molecule has 0 aromatic heterocycles. The van der Waals surface area contributed by atoms with Gasteiger partial charge in [-0.25, -0.2) is 8.42 Å². The molecule has 0 spiro atoms. The molecule has 1 aromatic rings. The highest BCUT2D eigenvalue weighted by molar-refractivity contribution is 7.89. The molecule has 1 N–H and O–H groups in total. The van der Waals surface area contributed by atoms with Crippen molar-refractivity contribution in [3.05, 3.63) is 23.2 Å². The predicted molar refractivity (Wildman–Crippen MR) is 69.2 cm³/mol. The number of sulfonamides is 1. The molecule has 0 saturated heterocycles. The molecule has 0 atom stereocenters. The summed E-state index contributed by atoms with van der Waals surface area (Å²) >= 11 is 5.67. The van der Waals surface area contributed by atoms with Crippen molar-refractivity contribution in [1.82, 2.24) is 4.89 Å². The van der Waals surface area contributed by atoms with Crippen LogP contribution in [0.25, 0.3) is 0 Å². The van der Waals surface area contributed by atoms with Gasteiger partial charge in [0, 0.05) is 0 Å². The predicted octanol–water partition coefficient (Wildman–Crippen LogP) is 2.81. The molecule has 1 rings (SSSR count). The number of rotatable bonds is 7. The number of alkyl halides is 2. The Bertz CT molecular complexity index is 551. The molecular formula is C11H14ClF2NO4S. The van der Waals surface area contributed by atoms with Crippen molar-refractivity contribution in [2.75, 3.05) is 6.61 Å². The molecule has 9 heteroatoms. The summed E-state index contributed by atoms with van der Waals surface area (Å²) in [5.41, 5.74) is 0. The van der Waals surface area contributed by atoms with Crippen LogP contribution in [0.3, 0.4) is 0 Å². The maximum absolute atomic E-state index is 12.0. The minimum absolute atomic E-state index is 0.142. The number of halogens is 3. The number of benzene rings is 1. The molecule has 0 amide bonds. The minimum Gasteiger partial charge on any atom is -0.433 e. The Balaban J connectivity index is 2.83. The van der Waals surface area contributed by atoms with Crippen LogP contribution in [0.2, 0.25) is 5.02 Å². The molecule has 20 heavy (non-hydrogen) atoms. The number of hydrogen-bond acceptors (Lipinski definition) is 4. The van der Waals surface area contributed by atoms with E-state index in [1.54, 1.807) is 0 Å². The summed E-state index contributed by atoms with van der Waals surface area (Å²) in [4.78, 5) is 6.52. The van der Waals surface area contributed by atoms with E-state index in [9.17, 15) is 17.2 Å². The largest absolute Gasteiger partial charge is 0.433 e. The summed E-state index contributed by atoms with van der Waals surface area (Å²) in [5, 5.41) is -0.239. The third kappa shape index (κ3) is 5.20. The lowest BCUT2D eigenvalue weighted by Gasteiger charge is -2.11. The Morgan fingerprint density at radius 1 is 1.35 bits per heavy atom. The van der Waals surface area contributed by atoms with Gasteiger partial charge in [-0.1, -0.05) is 30.3 Å². The van der Waals surface area contributed by atoms with E-state index in [4.69, 9.17) is 16.4 Å². The fraction of sp³-hybridized carbons (Fsp3) is 0.455. The summed E-state index contributed by atoms with van der Waals surface area (Å²) < 4.78 is 51.8. The van der Waals surface area contributed by atoms with E-state index in [0.29, 0.717) is 0 Å². The van der Waals surface area contributed by atoms with E-state index >= 15 is 0 Å². The zero-order chi connectivity index (χ0) is 15.3. The lowest BCUT2D eigenvalue weighted by Crippen LogP contribution is -2.25. The van der Waals surface area contributed by atoms with Gasteiger partial charge in [0.2, 0.25) is 0 Å². The van der Waals surface area contributed by atoms with Crippen LogP contribution in [0.1, 0.15) is 13.8 Å². The topological polar surface area (TPSA) is 64.6 Å². The van der Waals surface area contributed by atoms with Crippen molar-refractivity contribution >= 4 is 21.6 Å². The highest BCUT2D eigenvalue weighted by Gasteiger charge is 2.17. The molecule has 0 aliphatic heterocycles. The molecule has 0 saturated carbocycles. The zero-order valence-corrected chi connectivity index (χ0v) is 12.3. The molecular weight excluding hydrogens is 316 g/mol. The van der Waals surface area contributed by atoms with E-state index in [0.717, 1.165) is 18.2 Å². The Kier molecular flexibility index (Phi) is 6.12. The first-order valence-electron chi connectivity index (χ1n) is 5.60. The van der Waals surface area contributed by atoms with Crippen LogP contribution in [0, 0.1) is 5.92 Å². The Morgan fingerprint density at radius 3 is 2.50 bits per heavy atom. The molecule has 0 heterocycles. The lowest BCUT2D eigenvalue weighted by molar-refractivity contribution is -0.0498. The highest BCUT2D eigenvalue weighted by Crippen LogP contribution is 2.28. The van der Waals surface area contributed by atoms with Gasteiger partial charge in [0.05, 0.1) is 16.5 Å². The van der Waals surface area contributed by atoms with E-state index < -0.39 is 16.6 Å². The van der Waals surface area contributed by atoms with E-state index in [1.165, 1.54) is 0 Å². The van der Waals surface area contributed by atoms with Crippen LogP contribution in [-0.2, 0) is 14.9 Å². The quantitative estimate of drug-likeness (QED) is 0.781. The fourth-order valence-corrected chi connectivity index (χ4v) is 2.30. The summed E-state index contributed by atoms with van der Waals surface area (Å²) in [7, 11) is -3.92. The van der Waals surface area contributed by atoms with Crippen LogP contribution >= 0.6 is 11.6 Å². The average Bonchev–Trinajstić information content (AvgIpc) is 2.30. The van der Waals surface area contributed by atoms with E-state index in [-0.39, 0.29) is 28.2 Å². The number of ether oxygens (including phenoxy) is 1. The fourth-order valence-electron chi connectivity index (χ4n) is 1.17. The second-order valence-electron chi connectivity index (χ2n) is 4.26. The first-order valence-corrected chi connectivity index (χ1v) is 7.46. The molecule has 0 radical (unpaired) electrons. The van der Waals surface area contributed by atoms with Gasteiger partial charge in [0.15, 0.2) is 0 Å². The van der Waals surface area contributed by atoms with Gasteiger partial charge in [-0.15, -0.1) is 0 Å². The smallest absolute Gasteiger partial charge is 0.387 e. The van der Waals surface area contributed by atoms with Gasteiger partial charge in [-0.3, -0.25) is 4.84 Å². The normalized spacial score (nSPS) is 12.2. The van der Waals surface area contributed by atoms with Crippen LogP contribution < -0.4 is 9.62 Å². The second-order valence-corrected chi connectivity index (χ2v) is 6.31. The van der Waals surface area contributed by atoms with Gasteiger partial charge in [-0.2, -0.15) is 8.78 Å². The first-order chi connectivity index (χ1) is 9.22. The molecule has 0 bridgehead atoms. The van der Waals surface area contributed by atoms with Crippen molar-refractivity contribution in [1.29, 1.82) is 0 Å². The molecule has 1 aromatic carbocycles. The zero-order valence-electron chi connectivity index (χ0n) is 10.8. The Morgan fingerprint density at radius 2 is 2.00 bits per heavy atom. The van der Waals surface area contributed by atoms with Crippen molar-refractivity contribution < 1.29 is 26.8 Å². The molecule has 114 valence electrons. The summed E-state index contributed by atoms with van der Waals surface area (Å²) in [6.45, 7) is 0.852. The van der Waals surface area contributed by atoms with Crippen LogP contribution in [0.5, 0.6) is 5.75 Å². The standard InChI is InChI=1S/C11H14ClF2NO4S/c1-7(2)6-18-15-20(16,17)8-3-4-10(9(12)5-8)19-11(13)14/h3-5,7,11,15H,6H2,1-2H3.